The van der Waals surface area contributed by atoms with Gasteiger partial charge in [-0.05, 0) is 29.7 Å². The first-order valence-electron chi connectivity index (χ1n) is 8.37. The highest BCUT2D eigenvalue weighted by atomic mass is 32.1. The quantitative estimate of drug-likeness (QED) is 0.721. The molecule has 0 fully saturated rings. The lowest BCUT2D eigenvalue weighted by molar-refractivity contribution is -0.140. The molecule has 1 amide bonds. The summed E-state index contributed by atoms with van der Waals surface area (Å²) in [7, 11) is 5.89. The van der Waals surface area contributed by atoms with E-state index in [2.05, 4.69) is 0 Å². The van der Waals surface area contributed by atoms with Gasteiger partial charge in [0, 0.05) is 24.5 Å². The predicted octanol–water partition coefficient (Wildman–Crippen LogP) is 2.00. The van der Waals surface area contributed by atoms with E-state index in [-0.39, 0.29) is 30.5 Å². The van der Waals surface area contributed by atoms with Crippen LogP contribution < -0.4 is 4.90 Å². The van der Waals surface area contributed by atoms with Crippen molar-refractivity contribution in [1.29, 1.82) is 0 Å². The standard InChI is InChI=1S/C19H20N2O6S/c1-20(2)17(22)15-8-11-7-12(5-6-14(11)28-15)21-10-27-9-13(18(23)25-3)16(21)19(24)26-4/h5-8H,9-10H2,1-4H3. The Hall–Kier alpha value is -2.91. The number of carbonyl (C=O) groups excluding carboxylic acids is 3. The number of thiophene rings is 1. The van der Waals surface area contributed by atoms with Gasteiger partial charge < -0.3 is 24.0 Å². The Morgan fingerprint density at radius 3 is 2.46 bits per heavy atom. The normalized spacial score (nSPS) is 14.2. The van der Waals surface area contributed by atoms with Gasteiger partial charge in [0.05, 0.1) is 31.3 Å². The number of carbonyl (C=O) groups is 3. The molecule has 28 heavy (non-hydrogen) atoms. The predicted molar refractivity (Wildman–Crippen MR) is 104 cm³/mol. The summed E-state index contributed by atoms with van der Waals surface area (Å²) < 4.78 is 16.1. The average molecular weight is 404 g/mol. The molecule has 0 saturated heterocycles. The zero-order valence-electron chi connectivity index (χ0n) is 16.0. The van der Waals surface area contributed by atoms with Gasteiger partial charge in [0.2, 0.25) is 0 Å². The Morgan fingerprint density at radius 1 is 1.11 bits per heavy atom. The second-order valence-electron chi connectivity index (χ2n) is 6.25. The van der Waals surface area contributed by atoms with Crippen LogP contribution in [0.4, 0.5) is 5.69 Å². The minimum atomic E-state index is -0.655. The van der Waals surface area contributed by atoms with Gasteiger partial charge in [0.1, 0.15) is 12.4 Å². The van der Waals surface area contributed by atoms with E-state index in [1.807, 2.05) is 12.1 Å². The summed E-state index contributed by atoms with van der Waals surface area (Å²) >= 11 is 1.39. The highest BCUT2D eigenvalue weighted by Crippen LogP contribution is 2.33. The monoisotopic (exact) mass is 404 g/mol. The van der Waals surface area contributed by atoms with Crippen molar-refractivity contribution in [2.75, 3.05) is 46.6 Å². The number of methoxy groups -OCH3 is 2. The number of ether oxygens (including phenoxy) is 3. The van der Waals surface area contributed by atoms with Crippen LogP contribution in [-0.2, 0) is 23.8 Å². The van der Waals surface area contributed by atoms with E-state index in [9.17, 15) is 14.4 Å². The fourth-order valence-corrected chi connectivity index (χ4v) is 3.94. The number of hydrogen-bond donors (Lipinski definition) is 0. The molecule has 0 bridgehead atoms. The molecule has 0 N–H and O–H groups in total. The van der Waals surface area contributed by atoms with Gasteiger partial charge in [-0.2, -0.15) is 0 Å². The number of esters is 2. The maximum Gasteiger partial charge on any atom is 0.355 e. The first kappa shape index (κ1) is 19.8. The second-order valence-corrected chi connectivity index (χ2v) is 7.33. The van der Waals surface area contributed by atoms with E-state index in [4.69, 9.17) is 14.2 Å². The van der Waals surface area contributed by atoms with Crippen LogP contribution >= 0.6 is 11.3 Å². The molecule has 0 saturated carbocycles. The van der Waals surface area contributed by atoms with Crippen LogP contribution in [-0.4, -0.2) is 64.4 Å². The molecule has 148 valence electrons. The molecule has 0 aliphatic carbocycles. The molecule has 1 aromatic carbocycles. The van der Waals surface area contributed by atoms with Crippen molar-refractivity contribution in [3.63, 3.8) is 0 Å². The van der Waals surface area contributed by atoms with Crippen molar-refractivity contribution < 1.29 is 28.6 Å². The van der Waals surface area contributed by atoms with Crippen LogP contribution in [0.3, 0.4) is 0 Å². The SMILES string of the molecule is COC(=O)C1=C(C(=O)OC)N(c2ccc3sc(C(=O)N(C)C)cc3c2)COC1. The zero-order valence-corrected chi connectivity index (χ0v) is 16.8. The molecule has 2 aromatic rings. The summed E-state index contributed by atoms with van der Waals surface area (Å²) in [5.74, 6) is -1.38. The van der Waals surface area contributed by atoms with Crippen LogP contribution in [0.15, 0.2) is 35.5 Å². The number of anilines is 1. The summed E-state index contributed by atoms with van der Waals surface area (Å²) in [6.07, 6.45) is 0. The summed E-state index contributed by atoms with van der Waals surface area (Å²) in [6.45, 7) is 0.0276. The number of nitrogens with zero attached hydrogens (tertiary/aromatic N) is 2. The van der Waals surface area contributed by atoms with Crippen molar-refractivity contribution in [2.24, 2.45) is 0 Å². The van der Waals surface area contributed by atoms with Crippen molar-refractivity contribution in [3.05, 3.63) is 40.4 Å². The van der Waals surface area contributed by atoms with Gasteiger partial charge in [0.15, 0.2) is 0 Å². The van der Waals surface area contributed by atoms with Crippen LogP contribution in [0.5, 0.6) is 0 Å². The average Bonchev–Trinajstić information content (AvgIpc) is 3.14. The molecular weight excluding hydrogens is 384 g/mol. The maximum absolute atomic E-state index is 12.4. The molecule has 2 heterocycles. The zero-order chi connectivity index (χ0) is 20.4. The smallest absolute Gasteiger partial charge is 0.355 e. The molecule has 0 unspecified atom stereocenters. The second kappa shape index (κ2) is 7.99. The summed E-state index contributed by atoms with van der Waals surface area (Å²) in [6, 6.07) is 7.31. The third-order valence-electron chi connectivity index (χ3n) is 4.26. The molecule has 9 heteroatoms. The van der Waals surface area contributed by atoms with Gasteiger partial charge in [-0.15, -0.1) is 11.3 Å². The first-order chi connectivity index (χ1) is 13.4. The summed E-state index contributed by atoms with van der Waals surface area (Å²) in [4.78, 5) is 40.4. The Labute approximate surface area is 165 Å². The molecule has 3 rings (SSSR count). The summed E-state index contributed by atoms with van der Waals surface area (Å²) in [5, 5.41) is 0.849. The van der Waals surface area contributed by atoms with Crippen LogP contribution in [0, 0.1) is 0 Å². The largest absolute Gasteiger partial charge is 0.466 e. The minimum Gasteiger partial charge on any atom is -0.466 e. The van der Waals surface area contributed by atoms with Crippen molar-refractivity contribution in [3.8, 4) is 0 Å². The molecule has 0 atom stereocenters. The van der Waals surface area contributed by atoms with Crippen molar-refractivity contribution in [1.82, 2.24) is 4.90 Å². The van der Waals surface area contributed by atoms with Gasteiger partial charge in [-0.3, -0.25) is 4.79 Å². The highest BCUT2D eigenvalue weighted by molar-refractivity contribution is 7.20. The van der Waals surface area contributed by atoms with E-state index in [1.165, 1.54) is 30.5 Å². The first-order valence-corrected chi connectivity index (χ1v) is 9.19. The number of fused-ring (bicyclic) bond motifs is 1. The molecular formula is C19H20N2O6S. The van der Waals surface area contributed by atoms with E-state index < -0.39 is 11.9 Å². The van der Waals surface area contributed by atoms with E-state index in [0.717, 1.165) is 10.1 Å². The van der Waals surface area contributed by atoms with Crippen molar-refractivity contribution >= 4 is 45.0 Å². The third kappa shape index (κ3) is 3.58. The van der Waals surface area contributed by atoms with Crippen molar-refractivity contribution in [2.45, 2.75) is 0 Å². The molecule has 0 radical (unpaired) electrons. The number of rotatable bonds is 4. The van der Waals surface area contributed by atoms with Gasteiger partial charge in [-0.1, -0.05) is 0 Å². The Kier molecular flexibility index (Phi) is 5.66. The van der Waals surface area contributed by atoms with Crippen LogP contribution in [0.2, 0.25) is 0 Å². The number of benzene rings is 1. The van der Waals surface area contributed by atoms with Crippen LogP contribution in [0.1, 0.15) is 9.67 Å². The third-order valence-corrected chi connectivity index (χ3v) is 5.37. The minimum absolute atomic E-state index is 0.0458. The lowest BCUT2D eigenvalue weighted by atomic mass is 10.1. The van der Waals surface area contributed by atoms with Gasteiger partial charge in [-0.25, -0.2) is 9.59 Å². The van der Waals surface area contributed by atoms with E-state index in [0.29, 0.717) is 10.6 Å². The molecule has 1 aliphatic rings. The fourth-order valence-electron chi connectivity index (χ4n) is 2.87. The van der Waals surface area contributed by atoms with E-state index >= 15 is 0 Å². The van der Waals surface area contributed by atoms with Gasteiger partial charge >= 0.3 is 11.9 Å². The summed E-state index contributed by atoms with van der Waals surface area (Å²) in [5.41, 5.74) is 0.810. The fraction of sp³-hybridized carbons (Fsp3) is 0.316. The Balaban J connectivity index is 2.07. The lowest BCUT2D eigenvalue weighted by Gasteiger charge is -2.31. The molecule has 8 nitrogen and oxygen atoms in total. The van der Waals surface area contributed by atoms with Gasteiger partial charge in [0.25, 0.3) is 5.91 Å². The molecule has 0 spiro atoms. The van der Waals surface area contributed by atoms with Crippen LogP contribution in [0.25, 0.3) is 10.1 Å². The number of hydrogen-bond acceptors (Lipinski definition) is 8. The number of amides is 1. The molecule has 1 aromatic heterocycles. The highest BCUT2D eigenvalue weighted by Gasteiger charge is 2.32. The lowest BCUT2D eigenvalue weighted by Crippen LogP contribution is -2.38. The Morgan fingerprint density at radius 2 is 1.82 bits per heavy atom. The topological polar surface area (TPSA) is 85.4 Å². The van der Waals surface area contributed by atoms with E-state index in [1.54, 1.807) is 31.1 Å². The maximum atomic E-state index is 12.4. The Bertz CT molecular complexity index is 978. The molecule has 1 aliphatic heterocycles.